The molecule has 1 heterocycles. The molecule has 0 spiro atoms. The number of ether oxygens (including phenoxy) is 1. The van der Waals surface area contributed by atoms with E-state index in [1.165, 1.54) is 7.11 Å². The van der Waals surface area contributed by atoms with Crippen LogP contribution in [0.25, 0.3) is 0 Å². The fourth-order valence-electron chi connectivity index (χ4n) is 2.39. The summed E-state index contributed by atoms with van der Waals surface area (Å²) < 4.78 is 4.74. The summed E-state index contributed by atoms with van der Waals surface area (Å²) in [5, 5.41) is 0. The molecule has 1 aliphatic rings. The normalized spacial score (nSPS) is 23.2. The van der Waals surface area contributed by atoms with Crippen LogP contribution < -0.4 is 10.6 Å². The average molecular weight is 248 g/mol. The predicted molar refractivity (Wildman–Crippen MR) is 72.7 cm³/mol. The van der Waals surface area contributed by atoms with E-state index in [4.69, 9.17) is 10.5 Å². The van der Waals surface area contributed by atoms with E-state index in [1.807, 2.05) is 6.07 Å². The Hall–Kier alpha value is -1.71. The van der Waals surface area contributed by atoms with Gasteiger partial charge in [-0.25, -0.2) is 4.79 Å². The molecule has 98 valence electrons. The Kier molecular flexibility index (Phi) is 3.45. The summed E-state index contributed by atoms with van der Waals surface area (Å²) in [6, 6.07) is 5.30. The third-order valence-electron chi connectivity index (χ3n) is 3.78. The van der Waals surface area contributed by atoms with E-state index in [-0.39, 0.29) is 5.97 Å². The van der Waals surface area contributed by atoms with Crippen molar-refractivity contribution in [1.82, 2.24) is 0 Å². The van der Waals surface area contributed by atoms with Crippen molar-refractivity contribution >= 4 is 17.3 Å². The van der Waals surface area contributed by atoms with Crippen molar-refractivity contribution in [2.75, 3.05) is 30.8 Å². The van der Waals surface area contributed by atoms with E-state index in [1.54, 1.807) is 12.1 Å². The minimum Gasteiger partial charge on any atom is -0.465 e. The molecule has 2 N–H and O–H groups in total. The highest BCUT2D eigenvalue weighted by atomic mass is 16.5. The van der Waals surface area contributed by atoms with Crippen molar-refractivity contribution in [3.63, 3.8) is 0 Å². The second-order valence-corrected chi connectivity index (χ2v) is 5.12. The number of carbonyl (C=O) groups excluding carboxylic acids is 1. The van der Waals surface area contributed by atoms with Crippen molar-refractivity contribution in [3.8, 4) is 0 Å². The minimum atomic E-state index is -0.323. The topological polar surface area (TPSA) is 55.6 Å². The zero-order chi connectivity index (χ0) is 13.3. The largest absolute Gasteiger partial charge is 0.465 e. The van der Waals surface area contributed by atoms with Crippen LogP contribution in [0.2, 0.25) is 0 Å². The number of nitrogens with two attached hydrogens (primary N) is 1. The molecular formula is C14H20N2O2. The zero-order valence-corrected chi connectivity index (χ0v) is 11.1. The lowest BCUT2D eigenvalue weighted by molar-refractivity contribution is 0.0601. The number of anilines is 2. The Morgan fingerprint density at radius 3 is 2.50 bits per heavy atom. The molecule has 1 fully saturated rings. The number of methoxy groups -OCH3 is 1. The van der Waals surface area contributed by atoms with Crippen LogP contribution >= 0.6 is 0 Å². The van der Waals surface area contributed by atoms with Crippen LogP contribution in [0.4, 0.5) is 11.4 Å². The number of rotatable bonds is 2. The monoisotopic (exact) mass is 248 g/mol. The van der Waals surface area contributed by atoms with Gasteiger partial charge in [-0.15, -0.1) is 0 Å². The molecule has 1 aromatic rings. The van der Waals surface area contributed by atoms with Crippen molar-refractivity contribution in [1.29, 1.82) is 0 Å². The van der Waals surface area contributed by atoms with Gasteiger partial charge < -0.3 is 15.4 Å². The van der Waals surface area contributed by atoms with Gasteiger partial charge in [-0.2, -0.15) is 0 Å². The third kappa shape index (κ3) is 2.28. The Balaban J connectivity index is 2.30. The summed E-state index contributed by atoms with van der Waals surface area (Å²) in [6.45, 7) is 6.45. The quantitative estimate of drug-likeness (QED) is 0.643. The first-order valence-electron chi connectivity index (χ1n) is 6.25. The number of nitrogen functional groups attached to an aromatic ring is 1. The van der Waals surface area contributed by atoms with Crippen LogP contribution in [-0.4, -0.2) is 26.2 Å². The molecule has 2 atom stereocenters. The smallest absolute Gasteiger partial charge is 0.337 e. The molecular weight excluding hydrogens is 228 g/mol. The van der Waals surface area contributed by atoms with Gasteiger partial charge in [0.2, 0.25) is 0 Å². The summed E-state index contributed by atoms with van der Waals surface area (Å²) in [6.07, 6.45) is 0. The number of carbonyl (C=O) groups is 1. The Morgan fingerprint density at radius 1 is 1.33 bits per heavy atom. The minimum absolute atomic E-state index is 0.323. The second kappa shape index (κ2) is 4.88. The number of nitrogens with zero attached hydrogens (tertiary/aromatic N) is 1. The number of hydrogen-bond donors (Lipinski definition) is 1. The lowest BCUT2D eigenvalue weighted by Gasteiger charge is -2.21. The fraction of sp³-hybridized carbons (Fsp3) is 0.500. The first kappa shape index (κ1) is 12.7. The standard InChI is InChI=1S/C14H20N2O2/c1-9-7-16(8-10(9)2)13-6-11(14(17)18-3)4-5-12(13)15/h4-6,9-10H,7-8,15H2,1-3H3. The maximum absolute atomic E-state index is 11.5. The second-order valence-electron chi connectivity index (χ2n) is 5.12. The molecule has 0 amide bonds. The molecule has 4 heteroatoms. The number of esters is 1. The van der Waals surface area contributed by atoms with Gasteiger partial charge in [-0.05, 0) is 30.0 Å². The summed E-state index contributed by atoms with van der Waals surface area (Å²) in [7, 11) is 1.39. The van der Waals surface area contributed by atoms with Crippen molar-refractivity contribution in [2.45, 2.75) is 13.8 Å². The first-order chi connectivity index (χ1) is 8.52. The molecule has 0 aromatic heterocycles. The van der Waals surface area contributed by atoms with E-state index in [0.29, 0.717) is 23.1 Å². The third-order valence-corrected chi connectivity index (χ3v) is 3.78. The number of benzene rings is 1. The lowest BCUT2D eigenvalue weighted by Crippen LogP contribution is -2.21. The van der Waals surface area contributed by atoms with Crippen molar-refractivity contribution < 1.29 is 9.53 Å². The van der Waals surface area contributed by atoms with Crippen LogP contribution in [0.5, 0.6) is 0 Å². The lowest BCUT2D eigenvalue weighted by atomic mass is 10.0. The highest BCUT2D eigenvalue weighted by Crippen LogP contribution is 2.32. The molecule has 0 bridgehead atoms. The molecule has 0 aliphatic carbocycles. The Bertz CT molecular complexity index is 449. The molecule has 18 heavy (non-hydrogen) atoms. The fourth-order valence-corrected chi connectivity index (χ4v) is 2.39. The molecule has 0 radical (unpaired) electrons. The van der Waals surface area contributed by atoms with Crippen LogP contribution in [-0.2, 0) is 4.74 Å². The molecule has 1 saturated heterocycles. The van der Waals surface area contributed by atoms with Crippen LogP contribution in [0.1, 0.15) is 24.2 Å². The van der Waals surface area contributed by atoms with E-state index >= 15 is 0 Å². The maximum atomic E-state index is 11.5. The average Bonchev–Trinajstić information content (AvgIpc) is 2.69. The molecule has 1 aromatic carbocycles. The van der Waals surface area contributed by atoms with Gasteiger partial charge in [-0.3, -0.25) is 0 Å². The highest BCUT2D eigenvalue weighted by molar-refractivity contribution is 5.92. The maximum Gasteiger partial charge on any atom is 0.337 e. The summed E-state index contributed by atoms with van der Waals surface area (Å²) in [5.74, 6) is 0.967. The van der Waals surface area contributed by atoms with Crippen LogP contribution in [0.3, 0.4) is 0 Å². The van der Waals surface area contributed by atoms with Gasteiger partial charge in [0.15, 0.2) is 0 Å². The predicted octanol–water partition coefficient (Wildman–Crippen LogP) is 2.15. The summed E-state index contributed by atoms with van der Waals surface area (Å²) in [5.41, 5.74) is 8.21. The molecule has 2 rings (SSSR count). The first-order valence-corrected chi connectivity index (χ1v) is 6.25. The van der Waals surface area contributed by atoms with E-state index in [9.17, 15) is 4.79 Å². The van der Waals surface area contributed by atoms with Gasteiger partial charge in [0, 0.05) is 13.1 Å². The van der Waals surface area contributed by atoms with Crippen LogP contribution in [0.15, 0.2) is 18.2 Å². The van der Waals surface area contributed by atoms with Gasteiger partial charge in [0.25, 0.3) is 0 Å². The van der Waals surface area contributed by atoms with E-state index in [2.05, 4.69) is 18.7 Å². The van der Waals surface area contributed by atoms with Gasteiger partial charge in [0.05, 0.1) is 24.0 Å². The SMILES string of the molecule is COC(=O)c1ccc(N)c(N2CC(C)C(C)C2)c1. The summed E-state index contributed by atoms with van der Waals surface area (Å²) >= 11 is 0. The van der Waals surface area contributed by atoms with Crippen LogP contribution in [0, 0.1) is 11.8 Å². The zero-order valence-electron chi connectivity index (χ0n) is 11.1. The van der Waals surface area contributed by atoms with Gasteiger partial charge >= 0.3 is 5.97 Å². The van der Waals surface area contributed by atoms with Gasteiger partial charge in [-0.1, -0.05) is 13.8 Å². The molecule has 0 saturated carbocycles. The highest BCUT2D eigenvalue weighted by Gasteiger charge is 2.27. The Morgan fingerprint density at radius 2 is 1.94 bits per heavy atom. The Labute approximate surface area is 108 Å². The van der Waals surface area contributed by atoms with E-state index in [0.717, 1.165) is 18.8 Å². The molecule has 1 aliphatic heterocycles. The molecule has 4 nitrogen and oxygen atoms in total. The van der Waals surface area contributed by atoms with Crippen molar-refractivity contribution in [2.24, 2.45) is 11.8 Å². The van der Waals surface area contributed by atoms with Crippen molar-refractivity contribution in [3.05, 3.63) is 23.8 Å². The van der Waals surface area contributed by atoms with Gasteiger partial charge in [0.1, 0.15) is 0 Å². The molecule has 2 unspecified atom stereocenters. The van der Waals surface area contributed by atoms with E-state index < -0.39 is 0 Å². The number of hydrogen-bond acceptors (Lipinski definition) is 4. The summed E-state index contributed by atoms with van der Waals surface area (Å²) in [4.78, 5) is 13.8.